The normalized spacial score (nSPS) is 11.5. The molecule has 0 N–H and O–H groups in total. The number of benzene rings is 1. The van der Waals surface area contributed by atoms with Gasteiger partial charge in [0, 0.05) is 1.37 Å². The van der Waals surface area contributed by atoms with Crippen LogP contribution in [0.15, 0.2) is 36.7 Å². The zero-order chi connectivity index (χ0) is 13.9. The van der Waals surface area contributed by atoms with Gasteiger partial charge in [-0.15, -0.1) is 0 Å². The summed E-state index contributed by atoms with van der Waals surface area (Å²) in [5.74, 6) is 0.590. The minimum absolute atomic E-state index is 0.110. The molecular formula is C14H13N3O. The molecule has 0 amide bonds. The summed E-state index contributed by atoms with van der Waals surface area (Å²) in [7, 11) is 0. The molecule has 0 fully saturated rings. The number of hydrogen-bond donors (Lipinski definition) is 0. The molecule has 0 unspecified atom stereocenters. The lowest BCUT2D eigenvalue weighted by atomic mass is 10.0. The lowest BCUT2D eigenvalue weighted by molar-refractivity contribution is 0.477. The second-order valence-corrected chi connectivity index (χ2v) is 3.98. The average molecular weight is 240 g/mol. The van der Waals surface area contributed by atoms with Crippen molar-refractivity contribution in [1.29, 1.82) is 5.26 Å². The van der Waals surface area contributed by atoms with Crippen LogP contribution in [-0.2, 0) is 0 Å². The van der Waals surface area contributed by atoms with E-state index < -0.39 is 5.89 Å². The third-order valence-corrected chi connectivity index (χ3v) is 2.40. The van der Waals surface area contributed by atoms with Gasteiger partial charge >= 0.3 is 0 Å². The molecule has 4 nitrogen and oxygen atoms in total. The van der Waals surface area contributed by atoms with Crippen molar-refractivity contribution in [1.82, 2.24) is 9.97 Å². The highest BCUT2D eigenvalue weighted by Crippen LogP contribution is 2.22. The van der Waals surface area contributed by atoms with Gasteiger partial charge < -0.3 is 4.74 Å². The lowest BCUT2D eigenvalue weighted by Gasteiger charge is -2.07. The van der Waals surface area contributed by atoms with Crippen LogP contribution in [0.5, 0.6) is 11.5 Å². The van der Waals surface area contributed by atoms with E-state index in [1.165, 1.54) is 12.4 Å². The summed E-state index contributed by atoms with van der Waals surface area (Å²) in [6.45, 7) is 3.66. The van der Waals surface area contributed by atoms with Crippen molar-refractivity contribution in [3.8, 4) is 17.6 Å². The first kappa shape index (κ1) is 10.7. The Balaban J connectivity index is 2.13. The Bertz CT molecular complexity index is 595. The molecule has 1 heterocycles. The van der Waals surface area contributed by atoms with Gasteiger partial charge in [0.1, 0.15) is 11.8 Å². The van der Waals surface area contributed by atoms with Gasteiger partial charge in [-0.25, -0.2) is 9.97 Å². The molecular weight excluding hydrogens is 226 g/mol. The van der Waals surface area contributed by atoms with Crippen LogP contribution in [0.1, 0.15) is 32.5 Å². The van der Waals surface area contributed by atoms with E-state index in [-0.39, 0.29) is 5.82 Å². The van der Waals surface area contributed by atoms with Gasteiger partial charge in [-0.2, -0.15) is 5.26 Å². The van der Waals surface area contributed by atoms with Gasteiger partial charge in [-0.1, -0.05) is 26.0 Å². The Morgan fingerprint density at radius 2 is 1.78 bits per heavy atom. The van der Waals surface area contributed by atoms with Gasteiger partial charge in [0.2, 0.25) is 5.82 Å². The first-order valence-electron chi connectivity index (χ1n) is 5.99. The second kappa shape index (κ2) is 5.28. The van der Waals surface area contributed by atoms with Crippen molar-refractivity contribution in [2.75, 3.05) is 0 Å². The van der Waals surface area contributed by atoms with Crippen LogP contribution in [-0.4, -0.2) is 9.97 Å². The fourth-order valence-electron chi connectivity index (χ4n) is 1.42. The predicted molar refractivity (Wildman–Crippen MR) is 67.4 cm³/mol. The zero-order valence-corrected chi connectivity index (χ0v) is 10.2. The van der Waals surface area contributed by atoms with Crippen LogP contribution in [0.25, 0.3) is 0 Å². The number of rotatable bonds is 3. The van der Waals surface area contributed by atoms with E-state index in [0.29, 0.717) is 11.5 Å². The van der Waals surface area contributed by atoms with Crippen molar-refractivity contribution < 1.29 is 6.11 Å². The molecule has 0 saturated heterocycles. The molecule has 2 rings (SSSR count). The maximum atomic E-state index is 8.59. The van der Waals surface area contributed by atoms with Crippen molar-refractivity contribution in [2.45, 2.75) is 19.7 Å². The van der Waals surface area contributed by atoms with Crippen molar-refractivity contribution in [3.63, 3.8) is 0 Å². The monoisotopic (exact) mass is 240 g/mol. The maximum absolute atomic E-state index is 8.59. The van der Waals surface area contributed by atoms with Crippen LogP contribution in [0, 0.1) is 11.3 Å². The topological polar surface area (TPSA) is 58.8 Å². The molecule has 2 aromatic rings. The van der Waals surface area contributed by atoms with Crippen LogP contribution in [0.3, 0.4) is 0 Å². The number of nitriles is 1. The summed E-state index contributed by atoms with van der Waals surface area (Å²) in [5.41, 5.74) is 0.913. The molecule has 0 aliphatic rings. The van der Waals surface area contributed by atoms with Gasteiger partial charge in [0.05, 0.1) is 12.4 Å². The minimum atomic E-state index is -0.629. The minimum Gasteiger partial charge on any atom is -0.454 e. The molecule has 0 atom stereocenters. The van der Waals surface area contributed by atoms with Crippen molar-refractivity contribution >= 4 is 0 Å². The van der Waals surface area contributed by atoms with E-state index in [4.69, 9.17) is 11.4 Å². The smallest absolute Gasteiger partial charge is 0.232 e. The van der Waals surface area contributed by atoms with Gasteiger partial charge in [-0.3, -0.25) is 0 Å². The standard InChI is InChI=1S/C14H13N3O/c1-10(2)11-3-5-12(6-4-11)18-13-8-16-14(7-15)17-9-13/h3-6,8-10H,1-2H3/i10D. The van der Waals surface area contributed by atoms with Crippen molar-refractivity contribution in [3.05, 3.63) is 48.0 Å². The van der Waals surface area contributed by atoms with Crippen LogP contribution < -0.4 is 4.74 Å². The molecule has 18 heavy (non-hydrogen) atoms. The highest BCUT2D eigenvalue weighted by atomic mass is 16.5. The van der Waals surface area contributed by atoms with Gasteiger partial charge in [0.25, 0.3) is 0 Å². The summed E-state index contributed by atoms with van der Waals surface area (Å²) in [6, 6.07) is 9.14. The summed E-state index contributed by atoms with van der Waals surface area (Å²) in [5, 5.41) is 8.59. The predicted octanol–water partition coefficient (Wildman–Crippen LogP) is 3.26. The lowest BCUT2D eigenvalue weighted by Crippen LogP contribution is -1.91. The highest BCUT2D eigenvalue weighted by molar-refractivity contribution is 5.32. The third kappa shape index (κ3) is 2.83. The van der Waals surface area contributed by atoms with E-state index in [1.807, 2.05) is 32.0 Å². The summed E-state index contributed by atoms with van der Waals surface area (Å²) in [4.78, 5) is 7.65. The summed E-state index contributed by atoms with van der Waals surface area (Å²) >= 11 is 0. The number of ether oxygens (including phenoxy) is 1. The average Bonchev–Trinajstić information content (AvgIpc) is 2.39. The molecule has 0 aliphatic heterocycles. The molecule has 0 saturated carbocycles. The van der Waals surface area contributed by atoms with Gasteiger partial charge in [0.15, 0.2) is 5.75 Å². The summed E-state index contributed by atoms with van der Waals surface area (Å²) in [6.07, 6.45) is 2.90. The molecule has 0 bridgehead atoms. The molecule has 0 spiro atoms. The molecule has 1 aromatic heterocycles. The zero-order valence-electron chi connectivity index (χ0n) is 11.2. The van der Waals surface area contributed by atoms with Crippen LogP contribution in [0.4, 0.5) is 0 Å². The first-order chi connectivity index (χ1) is 8.99. The van der Waals surface area contributed by atoms with E-state index in [0.717, 1.165) is 5.56 Å². The summed E-state index contributed by atoms with van der Waals surface area (Å²) < 4.78 is 13.5. The number of aromatic nitrogens is 2. The van der Waals surface area contributed by atoms with E-state index in [9.17, 15) is 0 Å². The molecule has 0 aliphatic carbocycles. The molecule has 0 radical (unpaired) electrons. The van der Waals surface area contributed by atoms with E-state index >= 15 is 0 Å². The van der Waals surface area contributed by atoms with Crippen LogP contribution >= 0.6 is 0 Å². The Kier molecular flexibility index (Phi) is 3.15. The van der Waals surface area contributed by atoms with Crippen molar-refractivity contribution in [2.24, 2.45) is 0 Å². The fraction of sp³-hybridized carbons (Fsp3) is 0.214. The van der Waals surface area contributed by atoms with Gasteiger partial charge in [-0.05, 0) is 23.6 Å². The number of nitrogens with zero attached hydrogens (tertiary/aromatic N) is 3. The SMILES string of the molecule is [2H]C(C)(C)c1ccc(Oc2cnc(C#N)nc2)cc1. The van der Waals surface area contributed by atoms with Crippen LogP contribution in [0.2, 0.25) is 0 Å². The largest absolute Gasteiger partial charge is 0.454 e. The Morgan fingerprint density at radius 3 is 2.28 bits per heavy atom. The molecule has 1 aromatic carbocycles. The Labute approximate surface area is 107 Å². The second-order valence-electron chi connectivity index (χ2n) is 3.98. The highest BCUT2D eigenvalue weighted by Gasteiger charge is 2.02. The Morgan fingerprint density at radius 1 is 1.17 bits per heavy atom. The Hall–Kier alpha value is -2.41. The fourth-order valence-corrected chi connectivity index (χ4v) is 1.42. The number of hydrogen-bond acceptors (Lipinski definition) is 4. The quantitative estimate of drug-likeness (QED) is 0.826. The third-order valence-electron chi connectivity index (χ3n) is 2.40. The molecule has 90 valence electrons. The maximum Gasteiger partial charge on any atom is 0.232 e. The van der Waals surface area contributed by atoms with E-state index in [1.54, 1.807) is 12.1 Å². The molecule has 4 heteroatoms. The van der Waals surface area contributed by atoms with E-state index in [2.05, 4.69) is 9.97 Å². The first-order valence-corrected chi connectivity index (χ1v) is 5.49.